The molecule has 0 bridgehead atoms. The van der Waals surface area contributed by atoms with Crippen molar-refractivity contribution in [3.8, 4) is 0 Å². The van der Waals surface area contributed by atoms with Crippen molar-refractivity contribution in [2.45, 2.75) is 57.2 Å². The van der Waals surface area contributed by atoms with E-state index in [9.17, 15) is 14.7 Å². The lowest BCUT2D eigenvalue weighted by Crippen LogP contribution is -2.61. The first-order valence-corrected chi connectivity index (χ1v) is 6.47. The molecule has 1 unspecified atom stereocenters. The van der Waals surface area contributed by atoms with Gasteiger partial charge in [-0.15, -0.1) is 0 Å². The van der Waals surface area contributed by atoms with Crippen molar-refractivity contribution in [2.24, 2.45) is 11.3 Å². The Morgan fingerprint density at radius 1 is 1.39 bits per heavy atom. The van der Waals surface area contributed by atoms with Gasteiger partial charge in [-0.25, -0.2) is 0 Å². The molecule has 0 radical (unpaired) electrons. The Bertz CT molecular complexity index is 355. The molecule has 5 heteroatoms. The van der Waals surface area contributed by atoms with E-state index < -0.39 is 23.6 Å². The fourth-order valence-electron chi connectivity index (χ4n) is 3.67. The molecule has 2 rings (SSSR count). The van der Waals surface area contributed by atoms with E-state index in [0.29, 0.717) is 25.7 Å². The zero-order chi connectivity index (χ0) is 13.4. The van der Waals surface area contributed by atoms with Crippen LogP contribution in [0.15, 0.2) is 0 Å². The third-order valence-corrected chi connectivity index (χ3v) is 4.94. The maximum atomic E-state index is 11.1. The summed E-state index contributed by atoms with van der Waals surface area (Å²) in [6, 6.07) is 0. The van der Waals surface area contributed by atoms with Crippen LogP contribution in [0.5, 0.6) is 0 Å². The van der Waals surface area contributed by atoms with Crippen LogP contribution in [0.25, 0.3) is 0 Å². The van der Waals surface area contributed by atoms with Gasteiger partial charge in [0.15, 0.2) is 0 Å². The Morgan fingerprint density at radius 3 is 2.72 bits per heavy atom. The van der Waals surface area contributed by atoms with Gasteiger partial charge in [-0.2, -0.15) is 0 Å². The third kappa shape index (κ3) is 1.90. The highest BCUT2D eigenvalue weighted by atomic mass is 16.5. The van der Waals surface area contributed by atoms with Gasteiger partial charge in [0.2, 0.25) is 0 Å². The van der Waals surface area contributed by atoms with Crippen molar-refractivity contribution < 1.29 is 24.5 Å². The van der Waals surface area contributed by atoms with Crippen LogP contribution in [0.2, 0.25) is 0 Å². The Hall–Kier alpha value is -1.10. The second-order valence-electron chi connectivity index (χ2n) is 5.88. The maximum Gasteiger partial charge on any atom is 0.306 e. The van der Waals surface area contributed by atoms with Gasteiger partial charge in [0.25, 0.3) is 6.47 Å². The Morgan fingerprint density at radius 2 is 2.11 bits per heavy atom. The molecule has 2 saturated carbocycles. The van der Waals surface area contributed by atoms with E-state index in [1.165, 1.54) is 0 Å². The van der Waals surface area contributed by atoms with Crippen molar-refractivity contribution >= 4 is 12.4 Å². The zero-order valence-electron chi connectivity index (χ0n) is 10.6. The lowest BCUT2D eigenvalue weighted by Gasteiger charge is -2.55. The number of carbonyl (C=O) groups excluding carboxylic acids is 1. The van der Waals surface area contributed by atoms with Crippen LogP contribution in [0.1, 0.15) is 45.4 Å². The summed E-state index contributed by atoms with van der Waals surface area (Å²) in [5.41, 5.74) is -1.54. The molecule has 2 N–H and O–H groups in total. The molecule has 0 heterocycles. The Labute approximate surface area is 106 Å². The summed E-state index contributed by atoms with van der Waals surface area (Å²) >= 11 is 0. The van der Waals surface area contributed by atoms with Crippen LogP contribution in [-0.2, 0) is 14.3 Å². The largest absolute Gasteiger partial charge is 0.481 e. The van der Waals surface area contributed by atoms with Crippen LogP contribution in [-0.4, -0.2) is 34.4 Å². The van der Waals surface area contributed by atoms with Crippen molar-refractivity contribution in [1.29, 1.82) is 0 Å². The second kappa shape index (κ2) is 4.53. The number of hydrogen-bond donors (Lipinski definition) is 2. The Kier molecular flexibility index (Phi) is 3.36. The molecule has 102 valence electrons. The van der Waals surface area contributed by atoms with Crippen LogP contribution in [0.4, 0.5) is 0 Å². The van der Waals surface area contributed by atoms with Crippen LogP contribution < -0.4 is 0 Å². The maximum absolute atomic E-state index is 11.1. The number of hydrogen-bond acceptors (Lipinski definition) is 4. The summed E-state index contributed by atoms with van der Waals surface area (Å²) in [5.74, 6) is -1.42. The topological polar surface area (TPSA) is 83.8 Å². The second-order valence-corrected chi connectivity index (χ2v) is 5.88. The zero-order valence-corrected chi connectivity index (χ0v) is 10.6. The normalized spacial score (nSPS) is 43.9. The standard InChI is InChI=1S/C13H20O5/c1-12-5-2-3-10(18-8-14)13(12,17)7-9(4-6-12)11(15)16/h8-10,17H,2-7H2,1H3,(H,15,16)/t9-,10+,12-,13?/m1/s1. The number of aliphatic carboxylic acids is 1. The first kappa shape index (κ1) is 13.3. The van der Waals surface area contributed by atoms with Crippen LogP contribution in [0, 0.1) is 11.3 Å². The molecule has 4 atom stereocenters. The quantitative estimate of drug-likeness (QED) is 0.744. The monoisotopic (exact) mass is 256 g/mol. The number of carboxylic acids is 1. The lowest BCUT2D eigenvalue weighted by molar-refractivity contribution is -0.217. The minimum atomic E-state index is -1.20. The number of fused-ring (bicyclic) bond motifs is 1. The van der Waals surface area contributed by atoms with Gasteiger partial charge in [-0.05, 0) is 38.5 Å². The van der Waals surface area contributed by atoms with Crippen molar-refractivity contribution in [3.05, 3.63) is 0 Å². The van der Waals surface area contributed by atoms with Gasteiger partial charge in [0.1, 0.15) is 11.7 Å². The molecule has 0 aromatic heterocycles. The smallest absolute Gasteiger partial charge is 0.306 e. The van der Waals surface area contributed by atoms with E-state index >= 15 is 0 Å². The first-order valence-electron chi connectivity index (χ1n) is 6.47. The third-order valence-electron chi connectivity index (χ3n) is 4.94. The molecule has 0 amide bonds. The summed E-state index contributed by atoms with van der Waals surface area (Å²) in [5, 5.41) is 20.0. The predicted octanol–water partition coefficient (Wildman–Crippen LogP) is 1.33. The number of ether oxygens (including phenoxy) is 1. The van der Waals surface area contributed by atoms with E-state index in [4.69, 9.17) is 9.84 Å². The Balaban J connectivity index is 2.28. The predicted molar refractivity (Wildman–Crippen MR) is 62.8 cm³/mol. The SMILES string of the molecule is C[C@]12CCC[C@H](OC=O)C1(O)C[C@H](C(=O)O)CC2. The molecule has 2 fully saturated rings. The van der Waals surface area contributed by atoms with Gasteiger partial charge in [0.05, 0.1) is 5.92 Å². The number of aliphatic hydroxyl groups is 1. The summed E-state index contributed by atoms with van der Waals surface area (Å²) in [6.45, 7) is 2.34. The number of rotatable bonds is 3. The van der Waals surface area contributed by atoms with E-state index in [0.717, 1.165) is 12.8 Å². The highest BCUT2D eigenvalue weighted by molar-refractivity contribution is 5.70. The van der Waals surface area contributed by atoms with Crippen molar-refractivity contribution in [2.75, 3.05) is 0 Å². The molecule has 0 saturated heterocycles. The molecule has 2 aliphatic carbocycles. The van der Waals surface area contributed by atoms with Crippen molar-refractivity contribution in [3.63, 3.8) is 0 Å². The molecule has 5 nitrogen and oxygen atoms in total. The minimum Gasteiger partial charge on any atom is -0.481 e. The molecular formula is C13H20O5. The minimum absolute atomic E-state index is 0.178. The van der Waals surface area contributed by atoms with Gasteiger partial charge < -0.3 is 14.9 Å². The highest BCUT2D eigenvalue weighted by Gasteiger charge is 2.58. The molecule has 0 aromatic carbocycles. The molecule has 0 spiro atoms. The van der Waals surface area contributed by atoms with Gasteiger partial charge in [0, 0.05) is 5.41 Å². The van der Waals surface area contributed by atoms with E-state index in [2.05, 4.69) is 0 Å². The van der Waals surface area contributed by atoms with Gasteiger partial charge in [-0.3, -0.25) is 9.59 Å². The van der Waals surface area contributed by atoms with E-state index in [1.807, 2.05) is 6.92 Å². The van der Waals surface area contributed by atoms with Gasteiger partial charge in [-0.1, -0.05) is 6.92 Å². The molecule has 18 heavy (non-hydrogen) atoms. The summed E-state index contributed by atoms with van der Waals surface area (Å²) < 4.78 is 5.03. The summed E-state index contributed by atoms with van der Waals surface area (Å²) in [4.78, 5) is 21.7. The first-order chi connectivity index (χ1) is 8.43. The number of carboxylic acid groups (broad SMARTS) is 1. The van der Waals surface area contributed by atoms with Gasteiger partial charge >= 0.3 is 5.97 Å². The summed E-state index contributed by atoms with van der Waals surface area (Å²) in [6.07, 6.45) is 3.22. The highest BCUT2D eigenvalue weighted by Crippen LogP contribution is 2.55. The average molecular weight is 256 g/mol. The van der Waals surface area contributed by atoms with E-state index in [1.54, 1.807) is 0 Å². The van der Waals surface area contributed by atoms with E-state index in [-0.39, 0.29) is 11.8 Å². The molecule has 0 aromatic rings. The van der Waals surface area contributed by atoms with Crippen LogP contribution >= 0.6 is 0 Å². The van der Waals surface area contributed by atoms with Crippen molar-refractivity contribution in [1.82, 2.24) is 0 Å². The molecule has 0 aliphatic heterocycles. The fraction of sp³-hybridized carbons (Fsp3) is 0.846. The fourth-order valence-corrected chi connectivity index (χ4v) is 3.67. The van der Waals surface area contributed by atoms with Crippen LogP contribution in [0.3, 0.4) is 0 Å². The number of carbonyl (C=O) groups is 2. The molecule has 2 aliphatic rings. The average Bonchev–Trinajstić information content (AvgIpc) is 2.31. The lowest BCUT2D eigenvalue weighted by atomic mass is 9.54. The molecular weight excluding hydrogens is 236 g/mol. The summed E-state index contributed by atoms with van der Waals surface area (Å²) in [7, 11) is 0.